The molecule has 1 N–H and O–H groups in total. The summed E-state index contributed by atoms with van der Waals surface area (Å²) in [7, 11) is 0. The van der Waals surface area contributed by atoms with Crippen LogP contribution in [0.5, 0.6) is 0 Å². The van der Waals surface area contributed by atoms with Gasteiger partial charge in [0.15, 0.2) is 0 Å². The molecule has 4 heteroatoms. The Bertz CT molecular complexity index is 375. The molecule has 1 aliphatic heterocycles. The fourth-order valence-corrected chi connectivity index (χ4v) is 2.18. The maximum Gasteiger partial charge on any atom is 0.129 e. The fraction of sp³-hybridized carbons (Fsp3) is 0.538. The molecule has 1 fully saturated rings. The SMILES string of the molecule is CC1CCC(C(O)Cc2c(F)cccc2F)O1. The molecule has 0 saturated carbocycles. The first-order valence-corrected chi connectivity index (χ1v) is 5.84. The first-order chi connectivity index (χ1) is 8.08. The molecular weight excluding hydrogens is 226 g/mol. The van der Waals surface area contributed by atoms with Crippen molar-refractivity contribution < 1.29 is 18.6 Å². The van der Waals surface area contributed by atoms with Crippen LogP contribution in [-0.4, -0.2) is 23.4 Å². The van der Waals surface area contributed by atoms with E-state index in [9.17, 15) is 13.9 Å². The second-order valence-electron chi connectivity index (χ2n) is 4.53. The Labute approximate surface area is 99.2 Å². The molecule has 2 rings (SSSR count). The third-order valence-corrected chi connectivity index (χ3v) is 3.17. The summed E-state index contributed by atoms with van der Waals surface area (Å²) in [6, 6.07) is 3.71. The van der Waals surface area contributed by atoms with Gasteiger partial charge < -0.3 is 9.84 Å². The van der Waals surface area contributed by atoms with Gasteiger partial charge in [-0.25, -0.2) is 8.78 Å². The van der Waals surface area contributed by atoms with Gasteiger partial charge >= 0.3 is 0 Å². The molecular formula is C13H16F2O2. The van der Waals surface area contributed by atoms with Gasteiger partial charge in [0.05, 0.1) is 18.3 Å². The van der Waals surface area contributed by atoms with E-state index in [0.29, 0.717) is 0 Å². The summed E-state index contributed by atoms with van der Waals surface area (Å²) in [6.45, 7) is 1.93. The zero-order valence-electron chi connectivity index (χ0n) is 9.70. The molecule has 17 heavy (non-hydrogen) atoms. The highest BCUT2D eigenvalue weighted by atomic mass is 19.1. The summed E-state index contributed by atoms with van der Waals surface area (Å²) in [5.41, 5.74) is -0.0665. The number of aliphatic hydroxyl groups excluding tert-OH is 1. The second-order valence-corrected chi connectivity index (χ2v) is 4.53. The van der Waals surface area contributed by atoms with Gasteiger partial charge in [-0.15, -0.1) is 0 Å². The van der Waals surface area contributed by atoms with Gasteiger partial charge in [-0.2, -0.15) is 0 Å². The van der Waals surface area contributed by atoms with Crippen molar-refractivity contribution in [1.29, 1.82) is 0 Å². The molecule has 3 unspecified atom stereocenters. The molecule has 0 aromatic heterocycles. The lowest BCUT2D eigenvalue weighted by atomic mass is 10.0. The third kappa shape index (κ3) is 2.82. The molecule has 0 spiro atoms. The van der Waals surface area contributed by atoms with E-state index in [4.69, 9.17) is 4.74 Å². The van der Waals surface area contributed by atoms with Crippen LogP contribution < -0.4 is 0 Å². The smallest absolute Gasteiger partial charge is 0.129 e. The predicted octanol–water partition coefficient (Wildman–Crippen LogP) is 2.44. The number of hydrogen-bond acceptors (Lipinski definition) is 2. The lowest BCUT2D eigenvalue weighted by molar-refractivity contribution is -0.0283. The van der Waals surface area contributed by atoms with Crippen LogP contribution >= 0.6 is 0 Å². The van der Waals surface area contributed by atoms with E-state index in [-0.39, 0.29) is 24.2 Å². The van der Waals surface area contributed by atoms with E-state index in [0.717, 1.165) is 12.8 Å². The standard InChI is InChI=1S/C13H16F2O2/c1-8-5-6-13(17-8)12(16)7-9-10(14)3-2-4-11(9)15/h2-4,8,12-13,16H,5-7H2,1H3. The quantitative estimate of drug-likeness (QED) is 0.882. The average Bonchev–Trinajstić information content (AvgIpc) is 2.70. The van der Waals surface area contributed by atoms with Crippen molar-refractivity contribution in [1.82, 2.24) is 0 Å². The van der Waals surface area contributed by atoms with Gasteiger partial charge in [-0.3, -0.25) is 0 Å². The second kappa shape index (κ2) is 5.10. The summed E-state index contributed by atoms with van der Waals surface area (Å²) in [5, 5.41) is 9.91. The van der Waals surface area contributed by atoms with Crippen LogP contribution in [0.25, 0.3) is 0 Å². The van der Waals surface area contributed by atoms with Crippen LogP contribution in [0.3, 0.4) is 0 Å². The van der Waals surface area contributed by atoms with Crippen LogP contribution in [0.15, 0.2) is 18.2 Å². The van der Waals surface area contributed by atoms with E-state index in [1.807, 2.05) is 6.92 Å². The summed E-state index contributed by atoms with van der Waals surface area (Å²) in [4.78, 5) is 0. The van der Waals surface area contributed by atoms with Crippen LogP contribution in [0.4, 0.5) is 8.78 Å². The average molecular weight is 242 g/mol. The van der Waals surface area contributed by atoms with Crippen molar-refractivity contribution in [2.45, 2.75) is 44.5 Å². The minimum atomic E-state index is -0.855. The highest BCUT2D eigenvalue weighted by Crippen LogP contribution is 2.24. The lowest BCUT2D eigenvalue weighted by Gasteiger charge is -2.18. The molecule has 0 bridgehead atoms. The molecule has 1 heterocycles. The van der Waals surface area contributed by atoms with Crippen LogP contribution in [0.2, 0.25) is 0 Å². The van der Waals surface area contributed by atoms with Gasteiger partial charge in [-0.1, -0.05) is 6.07 Å². The van der Waals surface area contributed by atoms with Gasteiger partial charge in [0.1, 0.15) is 11.6 Å². The summed E-state index contributed by atoms with van der Waals surface area (Å²) >= 11 is 0. The zero-order chi connectivity index (χ0) is 12.4. The van der Waals surface area contributed by atoms with Crippen LogP contribution in [-0.2, 0) is 11.2 Å². The fourth-order valence-electron chi connectivity index (χ4n) is 2.18. The van der Waals surface area contributed by atoms with Crippen molar-refractivity contribution in [2.75, 3.05) is 0 Å². The molecule has 0 radical (unpaired) electrons. The van der Waals surface area contributed by atoms with E-state index >= 15 is 0 Å². The molecule has 1 saturated heterocycles. The van der Waals surface area contributed by atoms with Gasteiger partial charge in [0.25, 0.3) is 0 Å². The Morgan fingerprint density at radius 3 is 2.53 bits per heavy atom. The third-order valence-electron chi connectivity index (χ3n) is 3.17. The largest absolute Gasteiger partial charge is 0.390 e. The van der Waals surface area contributed by atoms with Gasteiger partial charge in [0, 0.05) is 12.0 Å². The van der Waals surface area contributed by atoms with E-state index in [1.165, 1.54) is 18.2 Å². The van der Waals surface area contributed by atoms with Crippen LogP contribution in [0, 0.1) is 11.6 Å². The maximum absolute atomic E-state index is 13.4. The minimum absolute atomic E-state index is 0.0457. The summed E-state index contributed by atoms with van der Waals surface area (Å²) in [6.07, 6.45) is 0.506. The van der Waals surface area contributed by atoms with Gasteiger partial charge in [-0.05, 0) is 31.9 Å². The number of hydrogen-bond donors (Lipinski definition) is 1. The Morgan fingerprint density at radius 1 is 1.35 bits per heavy atom. The van der Waals surface area contributed by atoms with E-state index in [1.54, 1.807) is 0 Å². The van der Waals surface area contributed by atoms with Crippen molar-refractivity contribution >= 4 is 0 Å². The Hall–Kier alpha value is -1.00. The number of aliphatic hydroxyl groups is 1. The number of rotatable bonds is 3. The monoisotopic (exact) mass is 242 g/mol. The topological polar surface area (TPSA) is 29.5 Å². The first-order valence-electron chi connectivity index (χ1n) is 5.84. The molecule has 3 atom stereocenters. The highest BCUT2D eigenvalue weighted by molar-refractivity contribution is 5.20. The van der Waals surface area contributed by atoms with Crippen molar-refractivity contribution in [3.8, 4) is 0 Å². The summed E-state index contributed by atoms with van der Waals surface area (Å²) in [5.74, 6) is -1.23. The Kier molecular flexibility index (Phi) is 3.74. The molecule has 1 aromatic rings. The minimum Gasteiger partial charge on any atom is -0.390 e. The normalized spacial score (nSPS) is 26.1. The predicted molar refractivity (Wildman–Crippen MR) is 59.6 cm³/mol. The molecule has 2 nitrogen and oxygen atoms in total. The first kappa shape index (κ1) is 12.5. The number of halogens is 2. The number of benzene rings is 1. The molecule has 0 aliphatic carbocycles. The summed E-state index contributed by atoms with van der Waals surface area (Å²) < 4.78 is 32.2. The van der Waals surface area contributed by atoms with Crippen molar-refractivity contribution in [3.05, 3.63) is 35.4 Å². The molecule has 94 valence electrons. The maximum atomic E-state index is 13.4. The Balaban J connectivity index is 2.05. The lowest BCUT2D eigenvalue weighted by Crippen LogP contribution is -2.28. The molecule has 0 amide bonds. The van der Waals surface area contributed by atoms with Crippen molar-refractivity contribution in [2.24, 2.45) is 0 Å². The molecule has 1 aromatic carbocycles. The van der Waals surface area contributed by atoms with Crippen LogP contribution in [0.1, 0.15) is 25.3 Å². The number of ether oxygens (including phenoxy) is 1. The van der Waals surface area contributed by atoms with E-state index in [2.05, 4.69) is 0 Å². The van der Waals surface area contributed by atoms with Crippen molar-refractivity contribution in [3.63, 3.8) is 0 Å². The zero-order valence-corrected chi connectivity index (χ0v) is 9.70. The van der Waals surface area contributed by atoms with E-state index < -0.39 is 17.7 Å². The Morgan fingerprint density at radius 2 is 2.00 bits per heavy atom. The van der Waals surface area contributed by atoms with Gasteiger partial charge in [0.2, 0.25) is 0 Å². The molecule has 1 aliphatic rings. The highest BCUT2D eigenvalue weighted by Gasteiger charge is 2.29.